The van der Waals surface area contributed by atoms with Crippen LogP contribution in [-0.2, 0) is 0 Å². The fourth-order valence-corrected chi connectivity index (χ4v) is 3.95. The van der Waals surface area contributed by atoms with Crippen molar-refractivity contribution in [1.82, 2.24) is 14.9 Å². The normalized spacial score (nSPS) is 13.9. The van der Waals surface area contributed by atoms with E-state index in [0.717, 1.165) is 25.2 Å². The van der Waals surface area contributed by atoms with Gasteiger partial charge in [0.05, 0.1) is 19.0 Å². The second kappa shape index (κ2) is 11.8. The Morgan fingerprint density at radius 2 is 1.97 bits per heavy atom. The predicted octanol–water partition coefficient (Wildman–Crippen LogP) is 3.63. The Morgan fingerprint density at radius 3 is 2.71 bits per heavy atom. The number of nitriles is 1. The predicted molar refractivity (Wildman–Crippen MR) is 135 cm³/mol. The standard InChI is InChI=1S/C26H28N6O3/c1-34-23-16-19(10-11-22(23)35-15-14-32-12-6-3-7-13-32)18-28-31-26-29-24(20-8-4-2-5-9-20)21(17-27)25(33)30-26/h2,4-5,8-11,16,18H,3,6-7,12-15H2,1H3,(H2,29,30,31,33). The molecule has 0 aliphatic carbocycles. The van der Waals surface area contributed by atoms with Crippen LogP contribution >= 0.6 is 0 Å². The summed E-state index contributed by atoms with van der Waals surface area (Å²) in [7, 11) is 1.60. The topological polar surface area (TPSA) is 116 Å². The molecule has 2 aromatic carbocycles. The Hall–Kier alpha value is -4.16. The van der Waals surface area contributed by atoms with Gasteiger partial charge in [-0.2, -0.15) is 10.4 Å². The van der Waals surface area contributed by atoms with E-state index in [0.29, 0.717) is 29.4 Å². The molecule has 1 saturated heterocycles. The Bertz CT molecular complexity index is 1260. The lowest BCUT2D eigenvalue weighted by molar-refractivity contribution is 0.180. The smallest absolute Gasteiger partial charge is 0.270 e. The van der Waals surface area contributed by atoms with Gasteiger partial charge in [0.1, 0.15) is 18.2 Å². The van der Waals surface area contributed by atoms with Gasteiger partial charge in [-0.1, -0.05) is 36.8 Å². The fraction of sp³-hybridized carbons (Fsp3) is 0.308. The summed E-state index contributed by atoms with van der Waals surface area (Å²) in [6, 6.07) is 16.5. The summed E-state index contributed by atoms with van der Waals surface area (Å²) in [5.74, 6) is 1.43. The van der Waals surface area contributed by atoms with Crippen LogP contribution in [0.1, 0.15) is 30.4 Å². The van der Waals surface area contributed by atoms with E-state index in [2.05, 4.69) is 25.4 Å². The van der Waals surface area contributed by atoms with Crippen molar-refractivity contribution in [2.24, 2.45) is 5.10 Å². The number of hydrogen-bond acceptors (Lipinski definition) is 8. The molecule has 4 rings (SSSR count). The van der Waals surface area contributed by atoms with Gasteiger partial charge in [0, 0.05) is 12.1 Å². The molecule has 1 aliphatic heterocycles. The largest absolute Gasteiger partial charge is 0.493 e. The fourth-order valence-electron chi connectivity index (χ4n) is 3.95. The minimum atomic E-state index is -0.535. The summed E-state index contributed by atoms with van der Waals surface area (Å²) in [5.41, 5.74) is 3.89. The van der Waals surface area contributed by atoms with Crippen LogP contribution < -0.4 is 20.5 Å². The van der Waals surface area contributed by atoms with Crippen molar-refractivity contribution >= 4 is 12.2 Å². The SMILES string of the molecule is COc1cc(C=NNc2nc(-c3ccccc3)c(C#N)c(=O)[nH]2)ccc1OCCN1CCCCC1. The number of nitrogens with one attached hydrogen (secondary N) is 2. The number of H-pyrrole nitrogens is 1. The van der Waals surface area contributed by atoms with Gasteiger partial charge in [0.25, 0.3) is 5.56 Å². The molecule has 0 bridgehead atoms. The molecule has 1 fully saturated rings. The number of likely N-dealkylation sites (tertiary alicyclic amines) is 1. The number of aromatic nitrogens is 2. The second-order valence-electron chi connectivity index (χ2n) is 8.15. The van der Waals surface area contributed by atoms with E-state index < -0.39 is 5.56 Å². The first-order valence-electron chi connectivity index (χ1n) is 11.6. The van der Waals surface area contributed by atoms with Crippen LogP contribution in [0.5, 0.6) is 11.5 Å². The van der Waals surface area contributed by atoms with Gasteiger partial charge in [-0.15, -0.1) is 0 Å². The van der Waals surface area contributed by atoms with E-state index in [4.69, 9.17) is 9.47 Å². The van der Waals surface area contributed by atoms with Crippen LogP contribution in [0.2, 0.25) is 0 Å². The molecular weight excluding hydrogens is 444 g/mol. The number of anilines is 1. The monoisotopic (exact) mass is 472 g/mol. The van der Waals surface area contributed by atoms with Crippen molar-refractivity contribution in [3.05, 3.63) is 70.0 Å². The minimum Gasteiger partial charge on any atom is -0.493 e. The number of hydrazone groups is 1. The zero-order chi connectivity index (χ0) is 24.5. The van der Waals surface area contributed by atoms with Crippen molar-refractivity contribution in [1.29, 1.82) is 5.26 Å². The molecule has 1 aliphatic rings. The van der Waals surface area contributed by atoms with Gasteiger partial charge in [-0.3, -0.25) is 14.7 Å². The summed E-state index contributed by atoms with van der Waals surface area (Å²) in [6.07, 6.45) is 5.41. The highest BCUT2D eigenvalue weighted by atomic mass is 16.5. The van der Waals surface area contributed by atoms with E-state index in [1.807, 2.05) is 42.5 Å². The molecule has 9 nitrogen and oxygen atoms in total. The highest BCUT2D eigenvalue weighted by Gasteiger charge is 2.13. The van der Waals surface area contributed by atoms with Gasteiger partial charge >= 0.3 is 0 Å². The lowest BCUT2D eigenvalue weighted by Crippen LogP contribution is -2.33. The highest BCUT2D eigenvalue weighted by Crippen LogP contribution is 2.27. The van der Waals surface area contributed by atoms with E-state index in [-0.39, 0.29) is 11.5 Å². The highest BCUT2D eigenvalue weighted by molar-refractivity contribution is 5.81. The third-order valence-electron chi connectivity index (χ3n) is 5.76. The summed E-state index contributed by atoms with van der Waals surface area (Å²) >= 11 is 0. The maximum Gasteiger partial charge on any atom is 0.270 e. The first kappa shape index (κ1) is 24.0. The second-order valence-corrected chi connectivity index (χ2v) is 8.15. The zero-order valence-corrected chi connectivity index (χ0v) is 19.7. The molecule has 0 saturated carbocycles. The molecule has 35 heavy (non-hydrogen) atoms. The number of aromatic amines is 1. The summed E-state index contributed by atoms with van der Waals surface area (Å²) in [6.45, 7) is 3.77. The Balaban J connectivity index is 1.42. The first-order valence-corrected chi connectivity index (χ1v) is 11.6. The number of hydrogen-bond donors (Lipinski definition) is 2. The third-order valence-corrected chi connectivity index (χ3v) is 5.76. The molecule has 0 spiro atoms. The molecule has 1 aromatic heterocycles. The van der Waals surface area contributed by atoms with Crippen molar-refractivity contribution in [3.63, 3.8) is 0 Å². The Labute approximate surface area is 204 Å². The molecule has 3 aromatic rings. The molecule has 9 heteroatoms. The maximum atomic E-state index is 12.4. The van der Waals surface area contributed by atoms with Crippen LogP contribution in [0.3, 0.4) is 0 Å². The van der Waals surface area contributed by atoms with Crippen LogP contribution in [0.4, 0.5) is 5.95 Å². The number of nitrogens with zero attached hydrogens (tertiary/aromatic N) is 4. The number of ether oxygens (including phenoxy) is 2. The molecule has 2 heterocycles. The van der Waals surface area contributed by atoms with Crippen LogP contribution in [0.15, 0.2) is 58.4 Å². The van der Waals surface area contributed by atoms with Gasteiger partial charge in [-0.05, 0) is 49.7 Å². The number of methoxy groups -OCH3 is 1. The van der Waals surface area contributed by atoms with Crippen LogP contribution in [0.25, 0.3) is 11.3 Å². The third kappa shape index (κ3) is 6.25. The van der Waals surface area contributed by atoms with E-state index in [1.54, 1.807) is 25.5 Å². The van der Waals surface area contributed by atoms with Crippen molar-refractivity contribution in [3.8, 4) is 28.8 Å². The summed E-state index contributed by atoms with van der Waals surface area (Å²) < 4.78 is 11.4. The molecule has 0 radical (unpaired) electrons. The van der Waals surface area contributed by atoms with Crippen LogP contribution in [0, 0.1) is 11.3 Å². The lowest BCUT2D eigenvalue weighted by Gasteiger charge is -2.26. The van der Waals surface area contributed by atoms with Crippen molar-refractivity contribution < 1.29 is 9.47 Å². The molecule has 0 amide bonds. The van der Waals surface area contributed by atoms with Crippen molar-refractivity contribution in [2.75, 3.05) is 38.8 Å². The lowest BCUT2D eigenvalue weighted by atomic mass is 10.1. The number of benzene rings is 2. The summed E-state index contributed by atoms with van der Waals surface area (Å²) in [4.78, 5) is 21.7. The Kier molecular flexibility index (Phi) is 8.09. The molecule has 0 atom stereocenters. The van der Waals surface area contributed by atoms with Gasteiger partial charge in [0.15, 0.2) is 11.5 Å². The van der Waals surface area contributed by atoms with Gasteiger partial charge in [0.2, 0.25) is 5.95 Å². The zero-order valence-electron chi connectivity index (χ0n) is 19.7. The van der Waals surface area contributed by atoms with E-state index in [1.165, 1.54) is 19.3 Å². The van der Waals surface area contributed by atoms with Crippen molar-refractivity contribution in [2.45, 2.75) is 19.3 Å². The number of piperidine rings is 1. The average molecular weight is 473 g/mol. The quantitative estimate of drug-likeness (QED) is 0.361. The van der Waals surface area contributed by atoms with Gasteiger partial charge in [-0.25, -0.2) is 10.4 Å². The Morgan fingerprint density at radius 1 is 1.17 bits per heavy atom. The molecule has 0 unspecified atom stereocenters. The average Bonchev–Trinajstić information content (AvgIpc) is 2.90. The molecule has 2 N–H and O–H groups in total. The van der Waals surface area contributed by atoms with Gasteiger partial charge < -0.3 is 9.47 Å². The first-order chi connectivity index (χ1) is 17.2. The number of rotatable bonds is 9. The minimum absolute atomic E-state index is 0.0497. The van der Waals surface area contributed by atoms with E-state index in [9.17, 15) is 10.1 Å². The maximum absolute atomic E-state index is 12.4. The molecular formula is C26H28N6O3. The van der Waals surface area contributed by atoms with E-state index >= 15 is 0 Å². The van der Waals surface area contributed by atoms with Crippen LogP contribution in [-0.4, -0.2) is 54.4 Å². The summed E-state index contributed by atoms with van der Waals surface area (Å²) in [5, 5.41) is 13.6. The molecule has 180 valence electrons.